The largest absolute Gasteiger partial charge is 0.487 e. The van der Waals surface area contributed by atoms with Gasteiger partial charge in [0, 0.05) is 18.8 Å². The zero-order valence-corrected chi connectivity index (χ0v) is 10.6. The first kappa shape index (κ1) is 14.0. The third-order valence-electron chi connectivity index (χ3n) is 2.12. The molecule has 18 heavy (non-hydrogen) atoms. The summed E-state index contributed by atoms with van der Waals surface area (Å²) in [6.07, 6.45) is -0.205. The molecule has 1 rings (SSSR count). The second-order valence-electron chi connectivity index (χ2n) is 4.11. The SMILES string of the molecule is CC(C)Oc1c(F)cc(N)cc1/C(=N/N)N(C)N. The summed E-state index contributed by atoms with van der Waals surface area (Å²) in [5.74, 6) is 10.5. The van der Waals surface area contributed by atoms with Crippen LogP contribution < -0.4 is 22.2 Å². The summed E-state index contributed by atoms with van der Waals surface area (Å²) in [4.78, 5) is 0. The first-order chi connectivity index (χ1) is 8.36. The Hall–Kier alpha value is -2.02. The molecule has 7 heteroatoms. The molecule has 0 radical (unpaired) electrons. The second-order valence-corrected chi connectivity index (χ2v) is 4.11. The van der Waals surface area contributed by atoms with E-state index in [2.05, 4.69) is 5.10 Å². The van der Waals surface area contributed by atoms with Crippen molar-refractivity contribution in [3.63, 3.8) is 0 Å². The maximum absolute atomic E-state index is 13.9. The van der Waals surface area contributed by atoms with Crippen LogP contribution >= 0.6 is 0 Å². The predicted octanol–water partition coefficient (Wildman–Crippen LogP) is 0.621. The highest BCUT2D eigenvalue weighted by Crippen LogP contribution is 2.27. The van der Waals surface area contributed by atoms with Crippen LogP contribution in [0.25, 0.3) is 0 Å². The van der Waals surface area contributed by atoms with E-state index < -0.39 is 5.82 Å². The maximum atomic E-state index is 13.9. The number of hydrogen-bond donors (Lipinski definition) is 3. The van der Waals surface area contributed by atoms with Crippen LogP contribution in [-0.2, 0) is 0 Å². The number of ether oxygens (including phenoxy) is 1. The van der Waals surface area contributed by atoms with E-state index in [1.165, 1.54) is 24.2 Å². The Morgan fingerprint density at radius 3 is 2.50 bits per heavy atom. The van der Waals surface area contributed by atoms with Crippen molar-refractivity contribution in [1.82, 2.24) is 5.01 Å². The van der Waals surface area contributed by atoms with E-state index in [9.17, 15) is 4.39 Å². The summed E-state index contributed by atoms with van der Waals surface area (Å²) < 4.78 is 19.3. The van der Waals surface area contributed by atoms with E-state index in [1.807, 2.05) is 0 Å². The Morgan fingerprint density at radius 2 is 2.06 bits per heavy atom. The minimum Gasteiger partial charge on any atom is -0.487 e. The number of amidine groups is 1. The summed E-state index contributed by atoms with van der Waals surface area (Å²) in [6.45, 7) is 3.57. The van der Waals surface area contributed by atoms with Crippen molar-refractivity contribution in [2.75, 3.05) is 12.8 Å². The fraction of sp³-hybridized carbons (Fsp3) is 0.364. The lowest BCUT2D eigenvalue weighted by Gasteiger charge is -2.20. The standard InChI is InChI=1S/C11H18FN5O/c1-6(2)18-10-8(11(16-14)17(3)15)4-7(13)5-9(10)12/h4-6H,13-15H2,1-3H3/b16-11-. The summed E-state index contributed by atoms with van der Waals surface area (Å²) in [5, 5.41) is 4.69. The summed E-state index contributed by atoms with van der Waals surface area (Å²) in [6, 6.07) is 2.68. The van der Waals surface area contributed by atoms with Gasteiger partial charge in [0.25, 0.3) is 0 Å². The van der Waals surface area contributed by atoms with Gasteiger partial charge in [-0.25, -0.2) is 10.2 Å². The number of hydrazone groups is 1. The molecule has 0 aliphatic heterocycles. The molecule has 6 N–H and O–H groups in total. The quantitative estimate of drug-likeness (QED) is 0.241. The van der Waals surface area contributed by atoms with Crippen molar-refractivity contribution < 1.29 is 9.13 Å². The molecule has 0 unspecified atom stereocenters. The van der Waals surface area contributed by atoms with Crippen LogP contribution in [0.1, 0.15) is 19.4 Å². The van der Waals surface area contributed by atoms with Crippen molar-refractivity contribution in [3.8, 4) is 5.75 Å². The molecule has 1 aromatic carbocycles. The topological polar surface area (TPSA) is 103 Å². The van der Waals surface area contributed by atoms with Gasteiger partial charge in [0.15, 0.2) is 17.4 Å². The van der Waals surface area contributed by atoms with Crippen LogP contribution in [0.3, 0.4) is 0 Å². The predicted molar refractivity (Wildman–Crippen MR) is 69.3 cm³/mol. The van der Waals surface area contributed by atoms with E-state index in [1.54, 1.807) is 13.8 Å². The van der Waals surface area contributed by atoms with Crippen LogP contribution in [0.4, 0.5) is 10.1 Å². The van der Waals surface area contributed by atoms with Crippen LogP contribution in [-0.4, -0.2) is 24.0 Å². The highest BCUT2D eigenvalue weighted by Gasteiger charge is 2.19. The molecule has 0 spiro atoms. The number of benzene rings is 1. The van der Waals surface area contributed by atoms with Gasteiger partial charge in [-0.3, -0.25) is 5.01 Å². The average Bonchev–Trinajstić information content (AvgIpc) is 2.23. The first-order valence-electron chi connectivity index (χ1n) is 5.39. The van der Waals surface area contributed by atoms with Crippen molar-refractivity contribution >= 4 is 11.5 Å². The van der Waals surface area contributed by atoms with Crippen LogP contribution in [0.5, 0.6) is 5.75 Å². The molecule has 0 amide bonds. The third-order valence-corrected chi connectivity index (χ3v) is 2.12. The van der Waals surface area contributed by atoms with Gasteiger partial charge >= 0.3 is 0 Å². The van der Waals surface area contributed by atoms with Gasteiger partial charge in [-0.15, -0.1) is 0 Å². The van der Waals surface area contributed by atoms with Crippen molar-refractivity contribution in [1.29, 1.82) is 0 Å². The molecule has 0 atom stereocenters. The molecular weight excluding hydrogens is 237 g/mol. The molecule has 0 aliphatic rings. The number of anilines is 1. The first-order valence-corrected chi connectivity index (χ1v) is 5.39. The van der Waals surface area contributed by atoms with Gasteiger partial charge in [-0.2, -0.15) is 5.10 Å². The molecule has 1 aromatic rings. The lowest BCUT2D eigenvalue weighted by Crippen LogP contribution is -2.35. The number of nitrogens with two attached hydrogens (primary N) is 3. The molecule has 0 saturated heterocycles. The van der Waals surface area contributed by atoms with Crippen LogP contribution in [0.15, 0.2) is 17.2 Å². The van der Waals surface area contributed by atoms with Crippen molar-refractivity contribution in [2.45, 2.75) is 20.0 Å². The number of hydrogen-bond acceptors (Lipinski definition) is 5. The summed E-state index contributed by atoms with van der Waals surface area (Å²) in [7, 11) is 1.53. The van der Waals surface area contributed by atoms with Gasteiger partial charge in [0.1, 0.15) is 0 Å². The summed E-state index contributed by atoms with van der Waals surface area (Å²) >= 11 is 0. The zero-order valence-electron chi connectivity index (χ0n) is 10.6. The van der Waals surface area contributed by atoms with E-state index in [-0.39, 0.29) is 23.4 Å². The maximum Gasteiger partial charge on any atom is 0.173 e. The van der Waals surface area contributed by atoms with E-state index in [4.69, 9.17) is 22.2 Å². The molecular formula is C11H18FN5O. The molecule has 0 saturated carbocycles. The van der Waals surface area contributed by atoms with Gasteiger partial charge < -0.3 is 16.3 Å². The number of nitrogen functional groups attached to an aromatic ring is 1. The lowest BCUT2D eigenvalue weighted by atomic mass is 10.1. The molecule has 0 aliphatic carbocycles. The summed E-state index contributed by atoms with van der Waals surface area (Å²) in [5.41, 5.74) is 6.15. The van der Waals surface area contributed by atoms with Crippen LogP contribution in [0, 0.1) is 5.82 Å². The van der Waals surface area contributed by atoms with Crippen LogP contribution in [0.2, 0.25) is 0 Å². The number of rotatable bonds is 3. The molecule has 0 aromatic heterocycles. The van der Waals surface area contributed by atoms with Gasteiger partial charge in [0.2, 0.25) is 0 Å². The van der Waals surface area contributed by atoms with Gasteiger partial charge in [0.05, 0.1) is 11.7 Å². The molecule has 0 heterocycles. The minimum atomic E-state index is -0.582. The second kappa shape index (κ2) is 5.54. The molecule has 6 nitrogen and oxygen atoms in total. The van der Waals surface area contributed by atoms with E-state index in [0.29, 0.717) is 5.56 Å². The smallest absolute Gasteiger partial charge is 0.173 e. The highest BCUT2D eigenvalue weighted by atomic mass is 19.1. The van der Waals surface area contributed by atoms with Gasteiger partial charge in [-0.05, 0) is 19.9 Å². The fourth-order valence-corrected chi connectivity index (χ4v) is 1.49. The Morgan fingerprint density at radius 1 is 1.44 bits per heavy atom. The average molecular weight is 255 g/mol. The molecule has 0 fully saturated rings. The third kappa shape index (κ3) is 3.01. The monoisotopic (exact) mass is 255 g/mol. The zero-order chi connectivity index (χ0) is 13.9. The van der Waals surface area contributed by atoms with Crippen molar-refractivity contribution in [2.24, 2.45) is 16.8 Å². The van der Waals surface area contributed by atoms with Gasteiger partial charge in [-0.1, -0.05) is 0 Å². The Bertz CT molecular complexity index is 459. The fourth-order valence-electron chi connectivity index (χ4n) is 1.49. The molecule has 0 bridgehead atoms. The number of halogens is 1. The van der Waals surface area contributed by atoms with E-state index in [0.717, 1.165) is 0 Å². The van der Waals surface area contributed by atoms with E-state index >= 15 is 0 Å². The minimum absolute atomic E-state index is 0.0284. The Labute approximate surface area is 105 Å². The van der Waals surface area contributed by atoms with Crippen molar-refractivity contribution in [3.05, 3.63) is 23.5 Å². The molecule has 100 valence electrons. The lowest BCUT2D eigenvalue weighted by molar-refractivity contribution is 0.230. The number of hydrazine groups is 1. The Balaban J connectivity index is 3.40. The Kier molecular flexibility index (Phi) is 4.33. The highest BCUT2D eigenvalue weighted by molar-refractivity contribution is 6.01. The number of nitrogens with zero attached hydrogens (tertiary/aromatic N) is 2. The normalized spacial score (nSPS) is 11.8.